The van der Waals surface area contributed by atoms with Crippen molar-refractivity contribution in [1.29, 1.82) is 5.26 Å². The smallest absolute Gasteiger partial charge is 0.370 e. The maximum absolute atomic E-state index is 14.6. The molecule has 29 heavy (non-hydrogen) atoms. The summed E-state index contributed by atoms with van der Waals surface area (Å²) in [5.74, 6) is -2.29. The highest BCUT2D eigenvalue weighted by molar-refractivity contribution is 7.54. The summed E-state index contributed by atoms with van der Waals surface area (Å²) in [6.45, 7) is 5.05. The van der Waals surface area contributed by atoms with E-state index in [1.54, 1.807) is 19.9 Å². The second-order valence-electron chi connectivity index (χ2n) is 5.70. The number of nitriles is 1. The van der Waals surface area contributed by atoms with E-state index in [0.717, 1.165) is 12.1 Å². The van der Waals surface area contributed by atoms with Gasteiger partial charge in [-0.05, 0) is 39.0 Å². The fourth-order valence-corrected chi connectivity index (χ4v) is 4.45. The van der Waals surface area contributed by atoms with Crippen molar-refractivity contribution in [2.75, 3.05) is 13.2 Å². The van der Waals surface area contributed by atoms with Gasteiger partial charge in [-0.3, -0.25) is 4.57 Å². The first-order valence-corrected chi connectivity index (χ1v) is 10.9. The van der Waals surface area contributed by atoms with Crippen LogP contribution < -0.4 is 4.74 Å². The van der Waals surface area contributed by atoms with E-state index in [1.807, 2.05) is 0 Å². The van der Waals surface area contributed by atoms with Crippen LogP contribution in [0, 0.1) is 23.2 Å². The van der Waals surface area contributed by atoms with E-state index in [2.05, 4.69) is 6.07 Å². The molecule has 0 aliphatic rings. The third-order valence-electron chi connectivity index (χ3n) is 3.82. The number of benzene rings is 2. The van der Waals surface area contributed by atoms with Gasteiger partial charge in [0.1, 0.15) is 28.9 Å². The Kier molecular flexibility index (Phi) is 7.93. The minimum Gasteiger partial charge on any atom is -0.507 e. The predicted molar refractivity (Wildman–Crippen MR) is 108 cm³/mol. The minimum atomic E-state index is -3.63. The van der Waals surface area contributed by atoms with Crippen molar-refractivity contribution in [2.45, 2.75) is 26.6 Å². The molecule has 1 radical (unpaired) electrons. The molecule has 0 saturated carbocycles. The first-order valence-electron chi connectivity index (χ1n) is 8.56. The summed E-state index contributed by atoms with van der Waals surface area (Å²) >= 11 is 12.2. The molecule has 6 nitrogen and oxygen atoms in total. The van der Waals surface area contributed by atoms with Crippen LogP contribution in [0.3, 0.4) is 0 Å². The van der Waals surface area contributed by atoms with Gasteiger partial charge in [0.2, 0.25) is 0 Å². The fourth-order valence-electron chi connectivity index (χ4n) is 2.55. The van der Waals surface area contributed by atoms with Gasteiger partial charge in [0.05, 0.1) is 23.3 Å². The van der Waals surface area contributed by atoms with Gasteiger partial charge in [-0.2, -0.15) is 5.26 Å². The van der Waals surface area contributed by atoms with E-state index < -0.39 is 25.0 Å². The number of ether oxygens (including phenoxy) is 1. The number of rotatable bonds is 8. The first-order chi connectivity index (χ1) is 13.7. The van der Waals surface area contributed by atoms with Crippen molar-refractivity contribution in [3.63, 3.8) is 0 Å². The molecular formula is C19H18Cl2FNO5P. The molecule has 2 aromatic rings. The zero-order valence-corrected chi connectivity index (χ0v) is 18.2. The highest BCUT2D eigenvalue weighted by Crippen LogP contribution is 2.54. The Morgan fingerprint density at radius 3 is 2.48 bits per heavy atom. The average Bonchev–Trinajstić information content (AvgIpc) is 2.66. The molecule has 1 unspecified atom stereocenters. The van der Waals surface area contributed by atoms with Crippen LogP contribution in [-0.4, -0.2) is 24.2 Å². The van der Waals surface area contributed by atoms with Crippen molar-refractivity contribution < 1.29 is 27.8 Å². The molecule has 0 spiro atoms. The summed E-state index contributed by atoms with van der Waals surface area (Å²) in [5.41, 5.74) is -0.449. The van der Waals surface area contributed by atoms with Crippen molar-refractivity contribution in [1.82, 2.24) is 0 Å². The summed E-state index contributed by atoms with van der Waals surface area (Å²) in [5, 5.41) is 19.1. The molecule has 1 atom stereocenters. The van der Waals surface area contributed by atoms with Crippen molar-refractivity contribution in [3.05, 3.63) is 45.7 Å². The Balaban J connectivity index is 2.55. The summed E-state index contributed by atoms with van der Waals surface area (Å²) in [7, 11) is -3.63. The van der Waals surface area contributed by atoms with Crippen LogP contribution in [-0.2, 0) is 13.6 Å². The van der Waals surface area contributed by atoms with Gasteiger partial charge in [-0.25, -0.2) is 4.39 Å². The minimum absolute atomic E-state index is 0.0292. The van der Waals surface area contributed by atoms with E-state index >= 15 is 0 Å². The zero-order chi connectivity index (χ0) is 21.8. The molecule has 0 aliphatic carbocycles. The maximum atomic E-state index is 14.6. The van der Waals surface area contributed by atoms with Gasteiger partial charge in [-0.1, -0.05) is 23.2 Å². The van der Waals surface area contributed by atoms with Crippen molar-refractivity contribution >= 4 is 30.8 Å². The standard InChI is InChI=1S/C19H18Cl2FNO5P/c1-4-26-29(25,27-5-2)11(3)28-18-8-12(16(22)9-15(18)21)19-13(10-23)17(24)7-6-14(19)20/h7-9,11,24H,4-5H2,1-3H3. The number of halogens is 3. The maximum Gasteiger partial charge on any atom is 0.370 e. The Morgan fingerprint density at radius 1 is 1.31 bits per heavy atom. The summed E-state index contributed by atoms with van der Waals surface area (Å²) in [6.07, 6.45) is 0. The predicted octanol–water partition coefficient (Wildman–Crippen LogP) is 6.17. The molecule has 1 N–H and O–H groups in total. The number of phenols is 1. The third kappa shape index (κ3) is 5.03. The van der Waals surface area contributed by atoms with Crippen molar-refractivity contribution in [3.8, 4) is 28.7 Å². The highest BCUT2D eigenvalue weighted by atomic mass is 35.5. The lowest BCUT2D eigenvalue weighted by Gasteiger charge is -2.24. The van der Waals surface area contributed by atoms with Crippen LogP contribution in [0.4, 0.5) is 4.39 Å². The highest BCUT2D eigenvalue weighted by Gasteiger charge is 2.34. The second kappa shape index (κ2) is 9.80. The lowest BCUT2D eigenvalue weighted by molar-refractivity contribution is 0.168. The van der Waals surface area contributed by atoms with Crippen LogP contribution in [0.15, 0.2) is 18.2 Å². The third-order valence-corrected chi connectivity index (χ3v) is 6.65. The summed E-state index contributed by atoms with van der Waals surface area (Å²) < 4.78 is 43.7. The van der Waals surface area contributed by atoms with E-state index in [1.165, 1.54) is 13.0 Å². The molecule has 0 bridgehead atoms. The summed E-state index contributed by atoms with van der Waals surface area (Å²) in [4.78, 5) is 0. The second-order valence-corrected chi connectivity index (χ2v) is 8.81. The molecule has 0 aliphatic heterocycles. The molecule has 2 rings (SSSR count). The number of hydrogen-bond donors (Lipinski definition) is 1. The molecule has 155 valence electrons. The van der Waals surface area contributed by atoms with Gasteiger partial charge in [0.15, 0.2) is 5.85 Å². The van der Waals surface area contributed by atoms with Crippen LogP contribution in [0.2, 0.25) is 10.0 Å². The van der Waals surface area contributed by atoms with Gasteiger partial charge in [-0.15, -0.1) is 0 Å². The molecular weight excluding hydrogens is 443 g/mol. The molecule has 0 saturated heterocycles. The average molecular weight is 461 g/mol. The van der Waals surface area contributed by atoms with Gasteiger partial charge < -0.3 is 18.9 Å². The van der Waals surface area contributed by atoms with E-state index in [0.29, 0.717) is 0 Å². The molecule has 0 fully saturated rings. The van der Waals surface area contributed by atoms with Crippen LogP contribution in [0.25, 0.3) is 11.1 Å². The fraction of sp³-hybridized carbons (Fsp3) is 0.316. The monoisotopic (exact) mass is 460 g/mol. The van der Waals surface area contributed by atoms with Crippen LogP contribution in [0.1, 0.15) is 26.3 Å². The molecule has 2 aromatic carbocycles. The lowest BCUT2D eigenvalue weighted by Crippen LogP contribution is -2.17. The van der Waals surface area contributed by atoms with Crippen molar-refractivity contribution in [2.24, 2.45) is 0 Å². The number of aromatic hydroxyl groups is 1. The Bertz CT molecular complexity index is 986. The first kappa shape index (κ1) is 23.5. The summed E-state index contributed by atoms with van der Waals surface area (Å²) in [6, 6.07) is 7.60. The van der Waals surface area contributed by atoms with Crippen LogP contribution >= 0.6 is 30.8 Å². The number of hydrogen-bond acceptors (Lipinski definition) is 6. The number of phenolic OH excluding ortho intramolecular Hbond substituents is 1. The number of nitrogens with zero attached hydrogens (tertiary/aromatic N) is 1. The SMILES string of the molecule is CCOP(=O)(OCC)C(C)Oc1cc(-c2c(Cl)[c]cc(O)c2C#N)c(F)cc1Cl. The van der Waals surface area contributed by atoms with Gasteiger partial charge >= 0.3 is 7.60 Å². The van der Waals surface area contributed by atoms with E-state index in [-0.39, 0.29) is 45.7 Å². The zero-order valence-electron chi connectivity index (χ0n) is 15.8. The Morgan fingerprint density at radius 2 is 1.93 bits per heavy atom. The molecule has 0 heterocycles. The normalized spacial score (nSPS) is 12.4. The largest absolute Gasteiger partial charge is 0.507 e. The van der Waals surface area contributed by atoms with E-state index in [4.69, 9.17) is 37.0 Å². The van der Waals surface area contributed by atoms with Gasteiger partial charge in [0.25, 0.3) is 0 Å². The van der Waals surface area contributed by atoms with Gasteiger partial charge in [0, 0.05) is 17.2 Å². The van der Waals surface area contributed by atoms with Crippen LogP contribution in [0.5, 0.6) is 11.5 Å². The topological polar surface area (TPSA) is 88.8 Å². The Hall–Kier alpha value is -1.81. The molecule has 0 amide bonds. The molecule has 10 heteroatoms. The molecule has 0 aromatic heterocycles. The Labute approximate surface area is 178 Å². The lowest BCUT2D eigenvalue weighted by atomic mass is 9.98. The quantitative estimate of drug-likeness (QED) is 0.473. The van der Waals surface area contributed by atoms with E-state index in [9.17, 15) is 19.3 Å².